The number of benzene rings is 1. The van der Waals surface area contributed by atoms with E-state index < -0.39 is 29.7 Å². The van der Waals surface area contributed by atoms with E-state index in [0.717, 1.165) is 12.1 Å². The SMILES string of the molecule is CCOC(=O)C1CSCCN1C(=O)c1ccc(-c2cccc(C(F)(F)F)c2)o1. The number of carbonyl (C=O) groups is 2. The molecule has 150 valence electrons. The lowest BCUT2D eigenvalue weighted by Gasteiger charge is -2.32. The van der Waals surface area contributed by atoms with Crippen molar-refractivity contribution in [2.24, 2.45) is 0 Å². The van der Waals surface area contributed by atoms with Crippen LogP contribution in [-0.4, -0.2) is 47.5 Å². The van der Waals surface area contributed by atoms with Gasteiger partial charge in [-0.05, 0) is 31.2 Å². The normalized spacial score (nSPS) is 17.4. The van der Waals surface area contributed by atoms with Crippen LogP contribution < -0.4 is 0 Å². The third-order valence-electron chi connectivity index (χ3n) is 4.24. The van der Waals surface area contributed by atoms with E-state index in [4.69, 9.17) is 9.15 Å². The van der Waals surface area contributed by atoms with Gasteiger partial charge in [-0.25, -0.2) is 4.79 Å². The van der Waals surface area contributed by atoms with E-state index in [1.54, 1.807) is 18.7 Å². The van der Waals surface area contributed by atoms with Crippen molar-refractivity contribution in [3.8, 4) is 11.3 Å². The Labute approximate surface area is 163 Å². The minimum Gasteiger partial charge on any atom is -0.464 e. The van der Waals surface area contributed by atoms with Crippen molar-refractivity contribution in [2.45, 2.75) is 19.1 Å². The first-order valence-electron chi connectivity index (χ1n) is 8.64. The first-order chi connectivity index (χ1) is 13.3. The highest BCUT2D eigenvalue weighted by Crippen LogP contribution is 2.33. The lowest BCUT2D eigenvalue weighted by atomic mass is 10.1. The summed E-state index contributed by atoms with van der Waals surface area (Å²) in [4.78, 5) is 26.4. The monoisotopic (exact) mass is 413 g/mol. The highest BCUT2D eigenvalue weighted by Gasteiger charge is 2.35. The van der Waals surface area contributed by atoms with Gasteiger partial charge in [-0.2, -0.15) is 24.9 Å². The number of hydrogen-bond donors (Lipinski definition) is 0. The highest BCUT2D eigenvalue weighted by molar-refractivity contribution is 7.99. The molecule has 1 amide bonds. The van der Waals surface area contributed by atoms with Crippen molar-refractivity contribution in [3.63, 3.8) is 0 Å². The van der Waals surface area contributed by atoms with Gasteiger partial charge in [0.2, 0.25) is 0 Å². The zero-order valence-electron chi connectivity index (χ0n) is 15.0. The van der Waals surface area contributed by atoms with Crippen LogP contribution in [0, 0.1) is 0 Å². The Morgan fingerprint density at radius 1 is 1.29 bits per heavy atom. The molecule has 1 unspecified atom stereocenters. The topological polar surface area (TPSA) is 59.8 Å². The number of alkyl halides is 3. The molecular formula is C19H18F3NO4S. The summed E-state index contributed by atoms with van der Waals surface area (Å²) in [6.07, 6.45) is -4.47. The molecule has 5 nitrogen and oxygen atoms in total. The van der Waals surface area contributed by atoms with Crippen molar-refractivity contribution in [1.82, 2.24) is 4.90 Å². The minimum absolute atomic E-state index is 0.0337. The summed E-state index contributed by atoms with van der Waals surface area (Å²) in [5.74, 6) is 0.237. The summed E-state index contributed by atoms with van der Waals surface area (Å²) in [6, 6.07) is 6.82. The van der Waals surface area contributed by atoms with Gasteiger partial charge in [-0.3, -0.25) is 4.79 Å². The maximum Gasteiger partial charge on any atom is 0.416 e. The molecule has 9 heteroatoms. The third kappa shape index (κ3) is 4.35. The molecule has 0 saturated carbocycles. The van der Waals surface area contributed by atoms with Crippen LogP contribution in [0.2, 0.25) is 0 Å². The summed E-state index contributed by atoms with van der Waals surface area (Å²) in [7, 11) is 0. The molecule has 1 fully saturated rings. The number of amides is 1. The molecule has 2 aromatic rings. The van der Waals surface area contributed by atoms with Gasteiger partial charge in [-0.1, -0.05) is 12.1 Å². The van der Waals surface area contributed by atoms with E-state index in [-0.39, 0.29) is 23.7 Å². The molecule has 3 rings (SSSR count). The molecule has 0 spiro atoms. The average molecular weight is 413 g/mol. The molecule has 2 heterocycles. The van der Waals surface area contributed by atoms with Crippen LogP contribution in [0.3, 0.4) is 0 Å². The smallest absolute Gasteiger partial charge is 0.416 e. The highest BCUT2D eigenvalue weighted by atomic mass is 32.2. The Bertz CT molecular complexity index is 865. The van der Waals surface area contributed by atoms with Gasteiger partial charge in [0.25, 0.3) is 5.91 Å². The zero-order valence-corrected chi connectivity index (χ0v) is 15.8. The van der Waals surface area contributed by atoms with Gasteiger partial charge >= 0.3 is 12.1 Å². The van der Waals surface area contributed by atoms with Crippen molar-refractivity contribution >= 4 is 23.6 Å². The Kier molecular flexibility index (Phi) is 6.02. The maximum atomic E-state index is 12.9. The van der Waals surface area contributed by atoms with Crippen molar-refractivity contribution in [2.75, 3.05) is 24.7 Å². The molecule has 1 saturated heterocycles. The second-order valence-electron chi connectivity index (χ2n) is 6.08. The quantitative estimate of drug-likeness (QED) is 0.707. The maximum absolute atomic E-state index is 12.9. The number of thioether (sulfide) groups is 1. The third-order valence-corrected chi connectivity index (χ3v) is 5.26. The van der Waals surface area contributed by atoms with E-state index in [1.807, 2.05) is 0 Å². The number of esters is 1. The van der Waals surface area contributed by atoms with E-state index in [0.29, 0.717) is 18.1 Å². The first kappa shape index (κ1) is 20.3. The Morgan fingerprint density at radius 3 is 2.79 bits per heavy atom. The molecule has 0 aliphatic carbocycles. The Balaban J connectivity index is 1.83. The van der Waals surface area contributed by atoms with Crippen LogP contribution in [-0.2, 0) is 15.7 Å². The van der Waals surface area contributed by atoms with Gasteiger partial charge in [0.15, 0.2) is 5.76 Å². The van der Waals surface area contributed by atoms with Crippen LogP contribution in [0.15, 0.2) is 40.8 Å². The lowest BCUT2D eigenvalue weighted by molar-refractivity contribution is -0.147. The fourth-order valence-electron chi connectivity index (χ4n) is 2.88. The summed E-state index contributed by atoms with van der Waals surface area (Å²) in [5.41, 5.74) is -0.588. The van der Waals surface area contributed by atoms with E-state index in [2.05, 4.69) is 0 Å². The summed E-state index contributed by atoms with van der Waals surface area (Å²) < 4.78 is 49.3. The molecular weight excluding hydrogens is 395 g/mol. The van der Waals surface area contributed by atoms with Gasteiger partial charge in [0.05, 0.1) is 12.2 Å². The van der Waals surface area contributed by atoms with Crippen molar-refractivity contribution < 1.29 is 31.9 Å². The molecule has 1 aromatic heterocycles. The standard InChI is InChI=1S/C19H18F3NO4S/c1-2-26-18(25)14-11-28-9-8-23(14)17(24)16-7-6-15(27-16)12-4-3-5-13(10-12)19(20,21)22/h3-7,10,14H,2,8-9,11H2,1H3. The van der Waals surface area contributed by atoms with Crippen LogP contribution in [0.25, 0.3) is 11.3 Å². The number of ether oxygens (including phenoxy) is 1. The first-order valence-corrected chi connectivity index (χ1v) is 9.79. The second kappa shape index (κ2) is 8.30. The zero-order chi connectivity index (χ0) is 20.3. The van der Waals surface area contributed by atoms with Crippen molar-refractivity contribution in [3.05, 3.63) is 47.7 Å². The van der Waals surface area contributed by atoms with Crippen molar-refractivity contribution in [1.29, 1.82) is 0 Å². The molecule has 0 radical (unpaired) electrons. The molecule has 1 aliphatic heterocycles. The lowest BCUT2D eigenvalue weighted by Crippen LogP contribution is -2.50. The number of hydrogen-bond acceptors (Lipinski definition) is 5. The second-order valence-corrected chi connectivity index (χ2v) is 7.23. The fraction of sp³-hybridized carbons (Fsp3) is 0.368. The van der Waals surface area contributed by atoms with E-state index in [9.17, 15) is 22.8 Å². The van der Waals surface area contributed by atoms with Crippen LogP contribution in [0.5, 0.6) is 0 Å². The Hall–Kier alpha value is -2.42. The number of carbonyl (C=O) groups excluding carboxylic acids is 2. The molecule has 28 heavy (non-hydrogen) atoms. The number of nitrogens with zero attached hydrogens (tertiary/aromatic N) is 1. The largest absolute Gasteiger partial charge is 0.464 e. The number of halogens is 3. The number of furan rings is 1. The molecule has 1 atom stereocenters. The van der Waals surface area contributed by atoms with Crippen LogP contribution in [0.4, 0.5) is 13.2 Å². The van der Waals surface area contributed by atoms with E-state index >= 15 is 0 Å². The van der Waals surface area contributed by atoms with Gasteiger partial charge < -0.3 is 14.1 Å². The van der Waals surface area contributed by atoms with Gasteiger partial charge in [0.1, 0.15) is 11.8 Å². The van der Waals surface area contributed by atoms with E-state index in [1.165, 1.54) is 29.2 Å². The van der Waals surface area contributed by atoms with Crippen LogP contribution >= 0.6 is 11.8 Å². The molecule has 1 aromatic carbocycles. The molecule has 0 bridgehead atoms. The molecule has 1 aliphatic rings. The summed E-state index contributed by atoms with van der Waals surface area (Å²) in [5, 5.41) is 0. The summed E-state index contributed by atoms with van der Waals surface area (Å²) >= 11 is 1.55. The molecule has 0 N–H and O–H groups in total. The minimum atomic E-state index is -4.47. The fourth-order valence-corrected chi connectivity index (χ4v) is 3.91. The van der Waals surface area contributed by atoms with Gasteiger partial charge in [0, 0.05) is 23.6 Å². The van der Waals surface area contributed by atoms with Gasteiger partial charge in [-0.15, -0.1) is 0 Å². The predicted octanol–water partition coefficient (Wildman–Crippen LogP) is 4.09. The summed E-state index contributed by atoms with van der Waals surface area (Å²) in [6.45, 7) is 2.25. The average Bonchev–Trinajstić information content (AvgIpc) is 3.17. The predicted molar refractivity (Wildman–Crippen MR) is 97.9 cm³/mol. The van der Waals surface area contributed by atoms with Crippen LogP contribution in [0.1, 0.15) is 23.0 Å². The Morgan fingerprint density at radius 2 is 2.07 bits per heavy atom. The number of rotatable bonds is 4.